The van der Waals surface area contributed by atoms with E-state index >= 15 is 0 Å². The van der Waals surface area contributed by atoms with Crippen LogP contribution in [0.25, 0.3) is 0 Å². The van der Waals surface area contributed by atoms with E-state index < -0.39 is 0 Å². The highest BCUT2D eigenvalue weighted by atomic mass is 14.9. The van der Waals surface area contributed by atoms with E-state index in [4.69, 9.17) is 4.98 Å². The Morgan fingerprint density at radius 2 is 0.833 bits per heavy atom. The SMILES string of the molecule is c1ccc(Cc2ccccc2NCc2cccc(CNc3ccccc3Cc3ccccc3)n2)cc1. The van der Waals surface area contributed by atoms with Gasteiger partial charge in [-0.1, -0.05) is 103 Å². The lowest BCUT2D eigenvalue weighted by molar-refractivity contribution is 0.961. The Morgan fingerprint density at radius 3 is 1.31 bits per heavy atom. The molecule has 0 bridgehead atoms. The van der Waals surface area contributed by atoms with Gasteiger partial charge in [0.1, 0.15) is 0 Å². The van der Waals surface area contributed by atoms with Crippen molar-refractivity contribution in [2.45, 2.75) is 25.9 Å². The first-order chi connectivity index (χ1) is 17.8. The molecule has 0 atom stereocenters. The second-order valence-corrected chi connectivity index (χ2v) is 8.97. The number of rotatable bonds is 10. The van der Waals surface area contributed by atoms with Crippen LogP contribution in [0.15, 0.2) is 127 Å². The zero-order chi connectivity index (χ0) is 24.4. The van der Waals surface area contributed by atoms with Crippen LogP contribution >= 0.6 is 0 Å². The Balaban J connectivity index is 1.22. The third kappa shape index (κ3) is 6.39. The van der Waals surface area contributed by atoms with E-state index in [0.717, 1.165) is 35.6 Å². The zero-order valence-corrected chi connectivity index (χ0v) is 20.4. The Bertz CT molecular complexity index is 1280. The minimum Gasteiger partial charge on any atom is -0.379 e. The minimum absolute atomic E-state index is 0.685. The predicted molar refractivity (Wildman–Crippen MR) is 150 cm³/mol. The van der Waals surface area contributed by atoms with Crippen molar-refractivity contribution in [2.24, 2.45) is 0 Å². The number of anilines is 2. The summed E-state index contributed by atoms with van der Waals surface area (Å²) in [6, 6.07) is 44.5. The van der Waals surface area contributed by atoms with Crippen LogP contribution in [0.4, 0.5) is 11.4 Å². The van der Waals surface area contributed by atoms with Gasteiger partial charge in [-0.3, -0.25) is 4.98 Å². The highest BCUT2D eigenvalue weighted by Gasteiger charge is 2.06. The van der Waals surface area contributed by atoms with Gasteiger partial charge in [-0.25, -0.2) is 0 Å². The lowest BCUT2D eigenvalue weighted by Crippen LogP contribution is -2.08. The summed E-state index contributed by atoms with van der Waals surface area (Å²) in [6.45, 7) is 1.37. The Hall–Kier alpha value is -4.37. The minimum atomic E-state index is 0.685. The van der Waals surface area contributed by atoms with Crippen LogP contribution in [0.3, 0.4) is 0 Å². The van der Waals surface area contributed by atoms with E-state index in [1.165, 1.54) is 22.3 Å². The molecule has 3 heteroatoms. The lowest BCUT2D eigenvalue weighted by atomic mass is 10.0. The highest BCUT2D eigenvalue weighted by Crippen LogP contribution is 2.21. The van der Waals surface area contributed by atoms with Crippen molar-refractivity contribution in [2.75, 3.05) is 10.6 Å². The summed E-state index contributed by atoms with van der Waals surface area (Å²) in [5.74, 6) is 0. The smallest absolute Gasteiger partial charge is 0.0598 e. The summed E-state index contributed by atoms with van der Waals surface area (Å²) >= 11 is 0. The molecule has 5 aromatic rings. The molecule has 0 spiro atoms. The molecule has 0 aliphatic carbocycles. The first-order valence-electron chi connectivity index (χ1n) is 12.5. The van der Waals surface area contributed by atoms with Crippen molar-refractivity contribution in [1.82, 2.24) is 4.98 Å². The van der Waals surface area contributed by atoms with Gasteiger partial charge in [-0.2, -0.15) is 0 Å². The lowest BCUT2D eigenvalue weighted by Gasteiger charge is -2.14. The number of benzene rings is 4. The summed E-state index contributed by atoms with van der Waals surface area (Å²) in [7, 11) is 0. The van der Waals surface area contributed by atoms with Gasteiger partial charge in [0.15, 0.2) is 0 Å². The molecule has 3 nitrogen and oxygen atoms in total. The van der Waals surface area contributed by atoms with Crippen molar-refractivity contribution in [3.8, 4) is 0 Å². The van der Waals surface area contributed by atoms with E-state index in [9.17, 15) is 0 Å². The number of hydrogen-bond acceptors (Lipinski definition) is 3. The van der Waals surface area contributed by atoms with Gasteiger partial charge in [0.25, 0.3) is 0 Å². The molecule has 0 saturated carbocycles. The molecule has 0 amide bonds. The van der Waals surface area contributed by atoms with Crippen LogP contribution in [0.5, 0.6) is 0 Å². The molecule has 178 valence electrons. The maximum Gasteiger partial charge on any atom is 0.0598 e. The van der Waals surface area contributed by atoms with E-state index in [2.05, 4.69) is 138 Å². The summed E-state index contributed by atoms with van der Waals surface area (Å²) in [5.41, 5.74) is 9.56. The third-order valence-electron chi connectivity index (χ3n) is 6.29. The maximum atomic E-state index is 4.91. The number of nitrogens with zero attached hydrogens (tertiary/aromatic N) is 1. The highest BCUT2D eigenvalue weighted by molar-refractivity contribution is 5.54. The average Bonchev–Trinajstić information content (AvgIpc) is 2.93. The molecule has 4 aromatic carbocycles. The van der Waals surface area contributed by atoms with Gasteiger partial charge >= 0.3 is 0 Å². The van der Waals surface area contributed by atoms with Gasteiger partial charge in [0.2, 0.25) is 0 Å². The summed E-state index contributed by atoms with van der Waals surface area (Å²) < 4.78 is 0. The fourth-order valence-electron chi connectivity index (χ4n) is 4.42. The average molecular weight is 470 g/mol. The van der Waals surface area contributed by atoms with Crippen LogP contribution in [0.1, 0.15) is 33.6 Å². The molecule has 1 heterocycles. The molecule has 0 fully saturated rings. The molecule has 36 heavy (non-hydrogen) atoms. The first-order valence-corrected chi connectivity index (χ1v) is 12.5. The molecule has 1 aromatic heterocycles. The van der Waals surface area contributed by atoms with E-state index in [1.54, 1.807) is 0 Å². The first kappa shape index (κ1) is 23.4. The molecular weight excluding hydrogens is 438 g/mol. The summed E-state index contributed by atoms with van der Waals surface area (Å²) in [6.07, 6.45) is 1.81. The van der Waals surface area contributed by atoms with Crippen molar-refractivity contribution in [3.63, 3.8) is 0 Å². The topological polar surface area (TPSA) is 37.0 Å². The van der Waals surface area contributed by atoms with Crippen molar-refractivity contribution >= 4 is 11.4 Å². The molecule has 0 aliphatic rings. The molecule has 2 N–H and O–H groups in total. The quantitative estimate of drug-likeness (QED) is 0.222. The number of hydrogen-bond donors (Lipinski definition) is 2. The van der Waals surface area contributed by atoms with Crippen LogP contribution < -0.4 is 10.6 Å². The van der Waals surface area contributed by atoms with Crippen LogP contribution in [-0.2, 0) is 25.9 Å². The van der Waals surface area contributed by atoms with Gasteiger partial charge in [0.05, 0.1) is 24.5 Å². The number of nitrogens with one attached hydrogen (secondary N) is 2. The zero-order valence-electron chi connectivity index (χ0n) is 20.4. The standard InChI is InChI=1S/C33H31N3/c1-3-12-26(13-4-1)22-28-16-7-9-20-32(28)34-24-30-18-11-19-31(36-30)25-35-33-21-10-8-17-29(33)23-27-14-5-2-6-15-27/h1-21,34-35H,22-25H2. The number of para-hydroxylation sites is 2. The van der Waals surface area contributed by atoms with Crippen molar-refractivity contribution in [3.05, 3.63) is 161 Å². The summed E-state index contributed by atoms with van der Waals surface area (Å²) in [5, 5.41) is 7.21. The molecule has 0 radical (unpaired) electrons. The van der Waals surface area contributed by atoms with Gasteiger partial charge in [-0.05, 0) is 59.4 Å². The van der Waals surface area contributed by atoms with Crippen LogP contribution in [0, 0.1) is 0 Å². The molecule has 5 rings (SSSR count). The Kier molecular flexibility index (Phi) is 7.70. The number of pyridine rings is 1. The van der Waals surface area contributed by atoms with Gasteiger partial charge in [0, 0.05) is 11.4 Å². The maximum absolute atomic E-state index is 4.91. The summed E-state index contributed by atoms with van der Waals surface area (Å²) in [4.78, 5) is 4.91. The normalized spacial score (nSPS) is 10.7. The molecular formula is C33H31N3. The monoisotopic (exact) mass is 469 g/mol. The molecule has 0 saturated heterocycles. The van der Waals surface area contributed by atoms with E-state index in [1.807, 2.05) is 0 Å². The van der Waals surface area contributed by atoms with E-state index in [0.29, 0.717) is 13.1 Å². The third-order valence-corrected chi connectivity index (χ3v) is 6.29. The number of aromatic nitrogens is 1. The molecule has 0 unspecified atom stereocenters. The van der Waals surface area contributed by atoms with Gasteiger partial charge in [-0.15, -0.1) is 0 Å². The fourth-order valence-corrected chi connectivity index (χ4v) is 4.42. The Morgan fingerprint density at radius 1 is 0.417 bits per heavy atom. The van der Waals surface area contributed by atoms with Crippen LogP contribution in [0.2, 0.25) is 0 Å². The fraction of sp³-hybridized carbons (Fsp3) is 0.121. The second kappa shape index (κ2) is 11.9. The Labute approximate surface area is 213 Å². The van der Waals surface area contributed by atoms with Crippen molar-refractivity contribution < 1.29 is 0 Å². The largest absolute Gasteiger partial charge is 0.379 e. The van der Waals surface area contributed by atoms with Crippen molar-refractivity contribution in [1.29, 1.82) is 0 Å². The second-order valence-electron chi connectivity index (χ2n) is 8.97. The van der Waals surface area contributed by atoms with Gasteiger partial charge < -0.3 is 10.6 Å². The molecule has 0 aliphatic heterocycles. The van der Waals surface area contributed by atoms with Crippen LogP contribution in [-0.4, -0.2) is 4.98 Å². The predicted octanol–water partition coefficient (Wildman–Crippen LogP) is 7.49. The van der Waals surface area contributed by atoms with E-state index in [-0.39, 0.29) is 0 Å².